The summed E-state index contributed by atoms with van der Waals surface area (Å²) in [5.74, 6) is 1.05. The standard InChI is InChI=1S/C21H28N4O3/c1-15(2)28-20-18-13-17(3-4-19(18)22-14-23-20)24-7-9-25(10-8-24)21(26)16-5-11-27-12-6-16/h3-4,13-16H,5-12H2,1-2H3. The Balaban J connectivity index is 1.45. The molecule has 0 saturated carbocycles. The van der Waals surface area contributed by atoms with Crippen molar-refractivity contribution in [3.05, 3.63) is 24.5 Å². The first kappa shape index (κ1) is 18.9. The van der Waals surface area contributed by atoms with Crippen LogP contribution < -0.4 is 9.64 Å². The van der Waals surface area contributed by atoms with Gasteiger partial charge in [-0.3, -0.25) is 4.79 Å². The Bertz CT molecular complexity index is 828. The summed E-state index contributed by atoms with van der Waals surface area (Å²) in [7, 11) is 0. The van der Waals surface area contributed by atoms with E-state index in [1.54, 1.807) is 6.33 Å². The molecule has 2 aromatic rings. The monoisotopic (exact) mass is 384 g/mol. The molecular weight excluding hydrogens is 356 g/mol. The molecule has 1 amide bonds. The molecule has 0 bridgehead atoms. The number of aromatic nitrogens is 2. The lowest BCUT2D eigenvalue weighted by atomic mass is 9.98. The largest absolute Gasteiger partial charge is 0.474 e. The van der Waals surface area contributed by atoms with Gasteiger partial charge in [0.25, 0.3) is 0 Å². The van der Waals surface area contributed by atoms with E-state index in [1.807, 2.05) is 24.8 Å². The van der Waals surface area contributed by atoms with Gasteiger partial charge < -0.3 is 19.3 Å². The van der Waals surface area contributed by atoms with E-state index in [2.05, 4.69) is 27.0 Å². The van der Waals surface area contributed by atoms with E-state index in [4.69, 9.17) is 9.47 Å². The minimum Gasteiger partial charge on any atom is -0.474 e. The van der Waals surface area contributed by atoms with Crippen molar-refractivity contribution >= 4 is 22.5 Å². The average molecular weight is 384 g/mol. The first-order valence-corrected chi connectivity index (χ1v) is 10.1. The van der Waals surface area contributed by atoms with Gasteiger partial charge >= 0.3 is 0 Å². The molecule has 0 radical (unpaired) electrons. The first-order valence-electron chi connectivity index (χ1n) is 10.1. The van der Waals surface area contributed by atoms with Crippen LogP contribution in [0, 0.1) is 5.92 Å². The lowest BCUT2D eigenvalue weighted by Crippen LogP contribution is -2.51. The summed E-state index contributed by atoms with van der Waals surface area (Å²) in [5, 5.41) is 0.925. The molecule has 2 aliphatic heterocycles. The number of piperazine rings is 1. The van der Waals surface area contributed by atoms with Crippen LogP contribution in [0.5, 0.6) is 5.88 Å². The number of nitrogens with zero attached hydrogens (tertiary/aromatic N) is 4. The van der Waals surface area contributed by atoms with E-state index in [1.165, 1.54) is 0 Å². The zero-order valence-electron chi connectivity index (χ0n) is 16.6. The van der Waals surface area contributed by atoms with Crippen LogP contribution in [0.25, 0.3) is 10.9 Å². The molecule has 2 saturated heterocycles. The van der Waals surface area contributed by atoms with Crippen molar-refractivity contribution in [3.8, 4) is 5.88 Å². The van der Waals surface area contributed by atoms with Gasteiger partial charge in [-0.15, -0.1) is 0 Å². The van der Waals surface area contributed by atoms with Crippen molar-refractivity contribution in [1.82, 2.24) is 14.9 Å². The fourth-order valence-electron chi connectivity index (χ4n) is 3.92. The second-order valence-electron chi connectivity index (χ2n) is 7.75. The Hall–Kier alpha value is -2.41. The highest BCUT2D eigenvalue weighted by atomic mass is 16.5. The smallest absolute Gasteiger partial charge is 0.225 e. The highest BCUT2D eigenvalue weighted by Gasteiger charge is 2.29. The molecular formula is C21H28N4O3. The summed E-state index contributed by atoms with van der Waals surface area (Å²) in [5.41, 5.74) is 2.00. The molecule has 3 heterocycles. The lowest BCUT2D eigenvalue weighted by molar-refractivity contribution is -0.138. The quantitative estimate of drug-likeness (QED) is 0.807. The van der Waals surface area contributed by atoms with Crippen LogP contribution in [0.1, 0.15) is 26.7 Å². The van der Waals surface area contributed by atoms with Crippen LogP contribution in [0.3, 0.4) is 0 Å². The molecule has 28 heavy (non-hydrogen) atoms. The zero-order chi connectivity index (χ0) is 19.5. The van der Waals surface area contributed by atoms with Gasteiger partial charge in [-0.2, -0.15) is 0 Å². The molecule has 0 unspecified atom stereocenters. The third-order valence-electron chi connectivity index (χ3n) is 5.46. The fraction of sp³-hybridized carbons (Fsp3) is 0.571. The number of anilines is 1. The molecule has 0 N–H and O–H groups in total. The number of rotatable bonds is 4. The van der Waals surface area contributed by atoms with Crippen molar-refractivity contribution in [2.45, 2.75) is 32.8 Å². The van der Waals surface area contributed by atoms with E-state index < -0.39 is 0 Å². The van der Waals surface area contributed by atoms with Crippen LogP contribution in [0.15, 0.2) is 24.5 Å². The number of benzene rings is 1. The second kappa shape index (κ2) is 8.31. The van der Waals surface area contributed by atoms with Gasteiger partial charge in [-0.25, -0.2) is 9.97 Å². The summed E-state index contributed by atoms with van der Waals surface area (Å²) >= 11 is 0. The predicted octanol–water partition coefficient (Wildman–Crippen LogP) is 2.49. The molecule has 2 fully saturated rings. The summed E-state index contributed by atoms with van der Waals surface area (Å²) in [6.45, 7) is 8.57. The highest BCUT2D eigenvalue weighted by molar-refractivity contribution is 5.87. The summed E-state index contributed by atoms with van der Waals surface area (Å²) in [6.07, 6.45) is 3.30. The maximum Gasteiger partial charge on any atom is 0.225 e. The second-order valence-corrected chi connectivity index (χ2v) is 7.75. The van der Waals surface area contributed by atoms with Crippen molar-refractivity contribution in [1.29, 1.82) is 0 Å². The van der Waals surface area contributed by atoms with Crippen LogP contribution in [0.2, 0.25) is 0 Å². The topological polar surface area (TPSA) is 67.8 Å². The molecule has 4 rings (SSSR count). The Morgan fingerprint density at radius 1 is 1.14 bits per heavy atom. The minimum absolute atomic E-state index is 0.0569. The molecule has 1 aromatic carbocycles. The number of ether oxygens (including phenoxy) is 2. The Morgan fingerprint density at radius 2 is 1.89 bits per heavy atom. The van der Waals surface area contributed by atoms with Crippen LogP contribution in [-0.2, 0) is 9.53 Å². The molecule has 0 aliphatic carbocycles. The highest BCUT2D eigenvalue weighted by Crippen LogP contribution is 2.28. The van der Waals surface area contributed by atoms with Crippen molar-refractivity contribution < 1.29 is 14.3 Å². The number of carbonyl (C=O) groups excluding carboxylic acids is 1. The van der Waals surface area contributed by atoms with E-state index in [9.17, 15) is 4.79 Å². The Labute approximate surface area is 165 Å². The first-order chi connectivity index (χ1) is 13.6. The average Bonchev–Trinajstić information content (AvgIpc) is 2.73. The normalized spacial score (nSPS) is 18.7. The number of fused-ring (bicyclic) bond motifs is 1. The van der Waals surface area contributed by atoms with Crippen molar-refractivity contribution in [2.75, 3.05) is 44.3 Å². The van der Waals surface area contributed by atoms with Gasteiger partial charge in [-0.1, -0.05) is 0 Å². The van der Waals surface area contributed by atoms with Gasteiger partial charge in [0.15, 0.2) is 0 Å². The lowest BCUT2D eigenvalue weighted by Gasteiger charge is -2.38. The minimum atomic E-state index is 0.0569. The molecule has 7 heteroatoms. The Morgan fingerprint density at radius 3 is 2.61 bits per heavy atom. The molecule has 7 nitrogen and oxygen atoms in total. The van der Waals surface area contributed by atoms with Gasteiger partial charge in [0.2, 0.25) is 11.8 Å². The Kier molecular flexibility index (Phi) is 5.62. The van der Waals surface area contributed by atoms with Gasteiger partial charge in [0, 0.05) is 51.0 Å². The number of hydrogen-bond acceptors (Lipinski definition) is 6. The number of carbonyl (C=O) groups is 1. The van der Waals surface area contributed by atoms with Crippen molar-refractivity contribution in [3.63, 3.8) is 0 Å². The molecule has 1 aromatic heterocycles. The summed E-state index contributed by atoms with van der Waals surface area (Å²) in [4.78, 5) is 25.7. The number of amides is 1. The summed E-state index contributed by atoms with van der Waals surface area (Å²) in [6, 6.07) is 6.20. The van der Waals surface area contributed by atoms with Crippen LogP contribution >= 0.6 is 0 Å². The molecule has 150 valence electrons. The maximum absolute atomic E-state index is 12.7. The van der Waals surface area contributed by atoms with Gasteiger partial charge in [0.1, 0.15) is 6.33 Å². The van der Waals surface area contributed by atoms with E-state index >= 15 is 0 Å². The summed E-state index contributed by atoms with van der Waals surface area (Å²) < 4.78 is 11.2. The zero-order valence-corrected chi connectivity index (χ0v) is 16.6. The van der Waals surface area contributed by atoms with E-state index in [0.717, 1.165) is 55.6 Å². The SMILES string of the molecule is CC(C)Oc1ncnc2ccc(N3CCN(C(=O)C4CCOCC4)CC3)cc12. The van der Waals surface area contributed by atoms with E-state index in [-0.39, 0.29) is 12.0 Å². The third kappa shape index (κ3) is 4.04. The van der Waals surface area contributed by atoms with Crippen LogP contribution in [-0.4, -0.2) is 66.3 Å². The number of hydrogen-bond donors (Lipinski definition) is 0. The predicted molar refractivity (Wildman–Crippen MR) is 108 cm³/mol. The van der Waals surface area contributed by atoms with Gasteiger partial charge in [0.05, 0.1) is 17.0 Å². The third-order valence-corrected chi connectivity index (χ3v) is 5.46. The van der Waals surface area contributed by atoms with Crippen molar-refractivity contribution in [2.24, 2.45) is 5.92 Å². The van der Waals surface area contributed by atoms with Gasteiger partial charge in [-0.05, 0) is 44.9 Å². The molecule has 0 spiro atoms. The molecule has 0 atom stereocenters. The molecule has 2 aliphatic rings. The fourth-order valence-corrected chi connectivity index (χ4v) is 3.92. The van der Waals surface area contributed by atoms with Crippen LogP contribution in [0.4, 0.5) is 5.69 Å². The van der Waals surface area contributed by atoms with E-state index in [0.29, 0.717) is 25.0 Å². The maximum atomic E-state index is 12.7.